The maximum absolute atomic E-state index is 10.2. The average molecular weight is 232 g/mol. The lowest BCUT2D eigenvalue weighted by atomic mass is 9.94. The van der Waals surface area contributed by atoms with Crippen LogP contribution in [0.3, 0.4) is 0 Å². The number of aliphatic hydroxyl groups excluding tert-OH is 3. The normalized spacial score (nSPS) is 28.7. The Labute approximate surface area is 96.9 Å². The predicted molar refractivity (Wildman–Crippen MR) is 61.7 cm³/mol. The highest BCUT2D eigenvalue weighted by Gasteiger charge is 2.37. The summed E-state index contributed by atoms with van der Waals surface area (Å²) >= 11 is 0. The van der Waals surface area contributed by atoms with Gasteiger partial charge >= 0.3 is 0 Å². The highest BCUT2D eigenvalue weighted by molar-refractivity contribution is 4.90. The lowest BCUT2D eigenvalue weighted by Gasteiger charge is -2.44. The molecule has 0 aliphatic carbocycles. The van der Waals surface area contributed by atoms with Crippen molar-refractivity contribution in [3.8, 4) is 0 Å². The fourth-order valence-electron chi connectivity index (χ4n) is 2.26. The Hall–Kier alpha value is -0.200. The molecule has 0 aromatic carbocycles. The first-order valence-electron chi connectivity index (χ1n) is 5.97. The van der Waals surface area contributed by atoms with Crippen LogP contribution in [0.25, 0.3) is 0 Å². The summed E-state index contributed by atoms with van der Waals surface area (Å²) in [6.45, 7) is 2.28. The second-order valence-corrected chi connectivity index (χ2v) is 4.94. The van der Waals surface area contributed by atoms with E-state index in [0.717, 1.165) is 25.8 Å². The maximum Gasteiger partial charge on any atom is 0.127 e. The van der Waals surface area contributed by atoms with Gasteiger partial charge in [0.25, 0.3) is 0 Å². The third-order valence-corrected chi connectivity index (χ3v) is 3.38. The van der Waals surface area contributed by atoms with Crippen LogP contribution in [0.15, 0.2) is 0 Å². The van der Waals surface area contributed by atoms with Crippen LogP contribution in [-0.2, 0) is 0 Å². The number of hydrogen-bond donors (Lipinski definition) is 4. The first-order valence-corrected chi connectivity index (χ1v) is 5.97. The molecule has 3 unspecified atom stereocenters. The van der Waals surface area contributed by atoms with Crippen LogP contribution in [0, 0.1) is 0 Å². The van der Waals surface area contributed by atoms with E-state index in [-0.39, 0.29) is 19.3 Å². The van der Waals surface area contributed by atoms with Gasteiger partial charge in [0.15, 0.2) is 0 Å². The molecule has 0 radical (unpaired) electrons. The molecule has 5 nitrogen and oxygen atoms in total. The van der Waals surface area contributed by atoms with Crippen LogP contribution in [0.4, 0.5) is 0 Å². The van der Waals surface area contributed by atoms with E-state index in [1.54, 1.807) is 6.92 Å². The smallest absolute Gasteiger partial charge is 0.127 e. The third-order valence-electron chi connectivity index (χ3n) is 3.38. The van der Waals surface area contributed by atoms with Gasteiger partial charge in [-0.3, -0.25) is 4.90 Å². The number of likely N-dealkylation sites (tertiary alicyclic amines) is 1. The van der Waals surface area contributed by atoms with Gasteiger partial charge in [-0.05, 0) is 26.2 Å². The Morgan fingerprint density at radius 1 is 1.44 bits per heavy atom. The van der Waals surface area contributed by atoms with Crippen molar-refractivity contribution in [2.24, 2.45) is 5.73 Å². The van der Waals surface area contributed by atoms with Gasteiger partial charge in [-0.15, -0.1) is 0 Å². The van der Waals surface area contributed by atoms with Gasteiger partial charge in [-0.25, -0.2) is 0 Å². The zero-order chi connectivity index (χ0) is 12.2. The molecule has 1 saturated heterocycles. The van der Waals surface area contributed by atoms with Gasteiger partial charge in [-0.2, -0.15) is 0 Å². The zero-order valence-corrected chi connectivity index (χ0v) is 9.97. The molecule has 1 rings (SSSR count). The van der Waals surface area contributed by atoms with Crippen molar-refractivity contribution in [2.45, 2.75) is 50.4 Å². The highest BCUT2D eigenvalue weighted by atomic mass is 16.3. The summed E-state index contributed by atoms with van der Waals surface area (Å²) in [5.41, 5.74) is 4.84. The minimum absolute atomic E-state index is 0.119. The first kappa shape index (κ1) is 13.9. The standard InChI is InChI=1S/C11H24N2O3/c1-11(12,8-15)10(16)13-6-3-2-4-9(13)5-7-14/h9-10,14-16H,2-8,12H2,1H3. The topological polar surface area (TPSA) is 90.0 Å². The largest absolute Gasteiger partial charge is 0.396 e. The molecule has 5 heteroatoms. The molecule has 0 saturated carbocycles. The van der Waals surface area contributed by atoms with Gasteiger partial charge in [0.1, 0.15) is 6.23 Å². The third kappa shape index (κ3) is 3.15. The molecule has 0 aromatic rings. The second kappa shape index (κ2) is 5.93. The van der Waals surface area contributed by atoms with Crippen LogP contribution < -0.4 is 5.73 Å². The average Bonchev–Trinajstić information content (AvgIpc) is 2.29. The van der Waals surface area contributed by atoms with Crippen molar-refractivity contribution < 1.29 is 15.3 Å². The Morgan fingerprint density at radius 2 is 2.12 bits per heavy atom. The molecule has 0 spiro atoms. The van der Waals surface area contributed by atoms with Crippen molar-refractivity contribution >= 4 is 0 Å². The molecule has 16 heavy (non-hydrogen) atoms. The van der Waals surface area contributed by atoms with Gasteiger partial charge < -0.3 is 21.1 Å². The fraction of sp³-hybridized carbons (Fsp3) is 1.00. The molecule has 1 aliphatic heterocycles. The minimum atomic E-state index is -1.01. The second-order valence-electron chi connectivity index (χ2n) is 4.94. The molecule has 1 heterocycles. The Balaban J connectivity index is 2.66. The maximum atomic E-state index is 10.2. The number of rotatable bonds is 5. The SMILES string of the molecule is CC(N)(CO)C(O)N1CCCCC1CCO. The molecular formula is C11H24N2O3. The number of nitrogens with zero attached hydrogens (tertiary/aromatic N) is 1. The molecule has 0 amide bonds. The van der Waals surface area contributed by atoms with Gasteiger partial charge in [0, 0.05) is 19.2 Å². The van der Waals surface area contributed by atoms with Crippen molar-refractivity contribution in [1.82, 2.24) is 4.90 Å². The number of aliphatic hydroxyl groups is 3. The van der Waals surface area contributed by atoms with E-state index in [0.29, 0.717) is 6.42 Å². The van der Waals surface area contributed by atoms with Gasteiger partial charge in [0.05, 0.1) is 12.1 Å². The monoisotopic (exact) mass is 232 g/mol. The molecule has 1 fully saturated rings. The molecule has 1 aliphatic rings. The summed E-state index contributed by atoms with van der Waals surface area (Å²) in [6, 6.07) is 0.170. The molecule has 0 aromatic heterocycles. The number of hydrogen-bond acceptors (Lipinski definition) is 5. The summed E-state index contributed by atoms with van der Waals surface area (Å²) in [5.74, 6) is 0. The van der Waals surface area contributed by atoms with Crippen LogP contribution in [-0.4, -0.2) is 57.8 Å². The van der Waals surface area contributed by atoms with Crippen LogP contribution >= 0.6 is 0 Å². The summed E-state index contributed by atoms with van der Waals surface area (Å²) < 4.78 is 0. The van der Waals surface area contributed by atoms with Crippen molar-refractivity contribution in [2.75, 3.05) is 19.8 Å². The van der Waals surface area contributed by atoms with E-state index in [9.17, 15) is 5.11 Å². The fourth-order valence-corrected chi connectivity index (χ4v) is 2.26. The van der Waals surface area contributed by atoms with Gasteiger partial charge in [0.2, 0.25) is 0 Å². The van der Waals surface area contributed by atoms with Crippen molar-refractivity contribution in [3.63, 3.8) is 0 Å². The van der Waals surface area contributed by atoms with E-state index in [2.05, 4.69) is 0 Å². The van der Waals surface area contributed by atoms with Crippen molar-refractivity contribution in [1.29, 1.82) is 0 Å². The van der Waals surface area contributed by atoms with E-state index in [1.807, 2.05) is 4.90 Å². The summed E-state index contributed by atoms with van der Waals surface area (Å²) in [5, 5.41) is 28.3. The Kier molecular flexibility index (Phi) is 5.14. The van der Waals surface area contributed by atoms with E-state index < -0.39 is 11.8 Å². The van der Waals surface area contributed by atoms with Gasteiger partial charge in [-0.1, -0.05) is 6.42 Å². The molecule has 5 N–H and O–H groups in total. The molecule has 3 atom stereocenters. The summed E-state index contributed by atoms with van der Waals surface area (Å²) in [4.78, 5) is 1.91. The highest BCUT2D eigenvalue weighted by Crippen LogP contribution is 2.24. The number of nitrogens with two attached hydrogens (primary N) is 1. The lowest BCUT2D eigenvalue weighted by molar-refractivity contribution is -0.0968. The van der Waals surface area contributed by atoms with E-state index in [1.165, 1.54) is 0 Å². The molecular weight excluding hydrogens is 208 g/mol. The quantitative estimate of drug-likeness (QED) is 0.501. The molecule has 0 bridgehead atoms. The lowest BCUT2D eigenvalue weighted by Crippen LogP contribution is -2.62. The van der Waals surface area contributed by atoms with Crippen LogP contribution in [0.5, 0.6) is 0 Å². The first-order chi connectivity index (χ1) is 7.53. The summed E-state index contributed by atoms with van der Waals surface area (Å²) in [7, 11) is 0. The van der Waals surface area contributed by atoms with Crippen molar-refractivity contribution in [3.05, 3.63) is 0 Å². The Bertz CT molecular complexity index is 209. The molecule has 96 valence electrons. The van der Waals surface area contributed by atoms with Crippen LogP contribution in [0.1, 0.15) is 32.6 Å². The van der Waals surface area contributed by atoms with Crippen LogP contribution in [0.2, 0.25) is 0 Å². The number of piperidine rings is 1. The van der Waals surface area contributed by atoms with E-state index in [4.69, 9.17) is 15.9 Å². The minimum Gasteiger partial charge on any atom is -0.396 e. The predicted octanol–water partition coefficient (Wildman–Crippen LogP) is -0.749. The summed E-state index contributed by atoms with van der Waals surface area (Å²) in [6.07, 6.45) is 2.92. The Morgan fingerprint density at radius 3 is 2.69 bits per heavy atom. The van der Waals surface area contributed by atoms with E-state index >= 15 is 0 Å². The zero-order valence-electron chi connectivity index (χ0n) is 9.97.